The Hall–Kier alpha value is -1.11. The fourth-order valence-electron chi connectivity index (χ4n) is 2.48. The number of thioether (sulfide) groups is 1. The van der Waals surface area contributed by atoms with Gasteiger partial charge in [0.05, 0.1) is 11.3 Å². The van der Waals surface area contributed by atoms with Crippen molar-refractivity contribution in [2.45, 2.75) is 69.3 Å². The summed E-state index contributed by atoms with van der Waals surface area (Å²) in [5.74, 6) is 0.657. The number of nitrogens with zero attached hydrogens (tertiary/aromatic N) is 4. The summed E-state index contributed by atoms with van der Waals surface area (Å²) in [5.41, 5.74) is 0. The number of carbonyl (C=O) groups excluding carboxylic acids is 1. The highest BCUT2D eigenvalue weighted by molar-refractivity contribution is 8.00. The van der Waals surface area contributed by atoms with Crippen LogP contribution in [0.25, 0.3) is 0 Å². The number of rotatable bonds is 7. The number of hydrogen-bond acceptors (Lipinski definition) is 5. The van der Waals surface area contributed by atoms with Crippen LogP contribution >= 0.6 is 11.8 Å². The molecule has 1 aromatic heterocycles. The summed E-state index contributed by atoms with van der Waals surface area (Å²) in [6.07, 6.45) is 5.74. The predicted molar refractivity (Wildman–Crippen MR) is 83.1 cm³/mol. The molecular weight excluding hydrogens is 286 g/mol. The van der Waals surface area contributed by atoms with Gasteiger partial charge >= 0.3 is 0 Å². The molecule has 1 atom stereocenters. The van der Waals surface area contributed by atoms with Gasteiger partial charge in [-0.25, -0.2) is 4.68 Å². The molecule has 21 heavy (non-hydrogen) atoms. The molecule has 7 heteroatoms. The van der Waals surface area contributed by atoms with Gasteiger partial charge in [-0.3, -0.25) is 4.79 Å². The minimum absolute atomic E-state index is 0.0571. The van der Waals surface area contributed by atoms with Crippen LogP contribution in [0.15, 0.2) is 5.16 Å². The van der Waals surface area contributed by atoms with E-state index in [4.69, 9.17) is 0 Å². The number of tetrazole rings is 1. The second kappa shape index (κ2) is 7.77. The molecular formula is C14H25N5OS. The summed E-state index contributed by atoms with van der Waals surface area (Å²) >= 11 is 1.45. The third kappa shape index (κ3) is 4.69. The second-order valence-electron chi connectivity index (χ2n) is 6.08. The van der Waals surface area contributed by atoms with Gasteiger partial charge in [-0.05, 0) is 42.5 Å². The minimum Gasteiger partial charge on any atom is -0.355 e. The summed E-state index contributed by atoms with van der Waals surface area (Å²) in [6, 6.07) is 0.402. The van der Waals surface area contributed by atoms with Crippen molar-refractivity contribution in [1.82, 2.24) is 25.5 Å². The lowest BCUT2D eigenvalue weighted by molar-refractivity contribution is -0.120. The maximum Gasteiger partial charge on any atom is 0.233 e. The molecule has 1 unspecified atom stereocenters. The van der Waals surface area contributed by atoms with E-state index in [0.29, 0.717) is 12.0 Å². The molecule has 1 saturated carbocycles. The zero-order chi connectivity index (χ0) is 15.2. The number of aromatic nitrogens is 4. The zero-order valence-electron chi connectivity index (χ0n) is 13.1. The van der Waals surface area contributed by atoms with Gasteiger partial charge in [0.15, 0.2) is 0 Å². The SMILES string of the molecule is CC(C)CCNC(=O)C(C)Sc1nnnn1C1CCCC1. The topological polar surface area (TPSA) is 72.7 Å². The van der Waals surface area contributed by atoms with E-state index in [9.17, 15) is 4.79 Å². The predicted octanol–water partition coefficient (Wildman–Crippen LogP) is 2.43. The quantitative estimate of drug-likeness (QED) is 0.783. The van der Waals surface area contributed by atoms with Gasteiger partial charge in [0.2, 0.25) is 11.1 Å². The highest BCUT2D eigenvalue weighted by atomic mass is 32.2. The molecule has 2 rings (SSSR count). The standard InChI is InChI=1S/C14H25N5OS/c1-10(2)8-9-15-13(20)11(3)21-14-16-17-18-19(14)12-6-4-5-7-12/h10-12H,4-9H2,1-3H3,(H,15,20). The highest BCUT2D eigenvalue weighted by Gasteiger charge is 2.24. The van der Waals surface area contributed by atoms with Crippen LogP contribution in [0.3, 0.4) is 0 Å². The van der Waals surface area contributed by atoms with Crippen molar-refractivity contribution in [3.63, 3.8) is 0 Å². The molecule has 0 aromatic carbocycles. The van der Waals surface area contributed by atoms with Crippen molar-refractivity contribution in [1.29, 1.82) is 0 Å². The third-order valence-electron chi connectivity index (χ3n) is 3.81. The van der Waals surface area contributed by atoms with Gasteiger partial charge in [-0.2, -0.15) is 0 Å². The molecule has 1 aliphatic carbocycles. The molecule has 1 fully saturated rings. The summed E-state index contributed by atoms with van der Waals surface area (Å²) in [7, 11) is 0. The highest BCUT2D eigenvalue weighted by Crippen LogP contribution is 2.32. The molecule has 1 N–H and O–H groups in total. The van der Waals surface area contributed by atoms with Crippen molar-refractivity contribution in [3.8, 4) is 0 Å². The molecule has 6 nitrogen and oxygen atoms in total. The molecule has 0 aliphatic heterocycles. The maximum atomic E-state index is 12.1. The van der Waals surface area contributed by atoms with Crippen LogP contribution in [-0.4, -0.2) is 37.9 Å². The number of amides is 1. The van der Waals surface area contributed by atoms with E-state index < -0.39 is 0 Å². The van der Waals surface area contributed by atoms with Crippen molar-refractivity contribution < 1.29 is 4.79 Å². The molecule has 118 valence electrons. The van der Waals surface area contributed by atoms with E-state index in [1.165, 1.54) is 24.6 Å². The average molecular weight is 311 g/mol. The Morgan fingerprint density at radius 3 is 2.76 bits per heavy atom. The lowest BCUT2D eigenvalue weighted by atomic mass is 10.1. The minimum atomic E-state index is -0.177. The Bertz CT molecular complexity index is 456. The van der Waals surface area contributed by atoms with Crippen LogP contribution in [0.5, 0.6) is 0 Å². The number of carbonyl (C=O) groups is 1. The van der Waals surface area contributed by atoms with Crippen LogP contribution < -0.4 is 5.32 Å². The van der Waals surface area contributed by atoms with Crippen LogP contribution in [0.2, 0.25) is 0 Å². The van der Waals surface area contributed by atoms with Crippen molar-refractivity contribution in [2.24, 2.45) is 5.92 Å². The van der Waals surface area contributed by atoms with Crippen LogP contribution in [-0.2, 0) is 4.79 Å². The molecule has 1 aliphatic rings. The van der Waals surface area contributed by atoms with Crippen molar-refractivity contribution in [2.75, 3.05) is 6.54 Å². The Kier molecular flexibility index (Phi) is 6.02. The molecule has 0 bridgehead atoms. The molecule has 1 aromatic rings. The van der Waals surface area contributed by atoms with Gasteiger partial charge in [0, 0.05) is 6.54 Å². The van der Waals surface area contributed by atoms with E-state index in [0.717, 1.165) is 31.0 Å². The normalized spacial score (nSPS) is 17.3. The largest absolute Gasteiger partial charge is 0.355 e. The summed E-state index contributed by atoms with van der Waals surface area (Å²) in [6.45, 7) is 6.94. The summed E-state index contributed by atoms with van der Waals surface area (Å²) < 4.78 is 1.90. The summed E-state index contributed by atoms with van der Waals surface area (Å²) in [5, 5.41) is 15.5. The maximum absolute atomic E-state index is 12.1. The van der Waals surface area contributed by atoms with Gasteiger partial charge in [-0.15, -0.1) is 5.10 Å². The van der Waals surface area contributed by atoms with Crippen molar-refractivity contribution >= 4 is 17.7 Å². The van der Waals surface area contributed by atoms with E-state index >= 15 is 0 Å². The first kappa shape index (κ1) is 16.3. The van der Waals surface area contributed by atoms with Gasteiger partial charge in [-0.1, -0.05) is 38.5 Å². The zero-order valence-corrected chi connectivity index (χ0v) is 13.9. The Morgan fingerprint density at radius 1 is 1.38 bits per heavy atom. The molecule has 1 amide bonds. The Morgan fingerprint density at radius 2 is 2.10 bits per heavy atom. The molecule has 0 spiro atoms. The fourth-order valence-corrected chi connectivity index (χ4v) is 3.36. The van der Waals surface area contributed by atoms with Crippen LogP contribution in [0, 0.1) is 5.92 Å². The number of hydrogen-bond donors (Lipinski definition) is 1. The lowest BCUT2D eigenvalue weighted by Gasteiger charge is -2.14. The third-order valence-corrected chi connectivity index (χ3v) is 4.85. The van der Waals surface area contributed by atoms with E-state index in [2.05, 4.69) is 34.7 Å². The first-order valence-corrected chi connectivity index (χ1v) is 8.68. The lowest BCUT2D eigenvalue weighted by Crippen LogP contribution is -2.32. The first-order chi connectivity index (χ1) is 10.1. The first-order valence-electron chi connectivity index (χ1n) is 7.80. The Labute approximate surface area is 130 Å². The van der Waals surface area contributed by atoms with Gasteiger partial charge < -0.3 is 5.32 Å². The van der Waals surface area contributed by atoms with Gasteiger partial charge in [0.25, 0.3) is 0 Å². The van der Waals surface area contributed by atoms with Crippen LogP contribution in [0.1, 0.15) is 58.9 Å². The smallest absolute Gasteiger partial charge is 0.233 e. The Balaban J connectivity index is 1.86. The monoisotopic (exact) mass is 311 g/mol. The average Bonchev–Trinajstić information content (AvgIpc) is 3.07. The fraction of sp³-hybridized carbons (Fsp3) is 0.857. The molecule has 1 heterocycles. The van der Waals surface area contributed by atoms with Crippen molar-refractivity contribution in [3.05, 3.63) is 0 Å². The molecule has 0 saturated heterocycles. The number of nitrogens with one attached hydrogen (secondary N) is 1. The molecule has 0 radical (unpaired) electrons. The van der Waals surface area contributed by atoms with Gasteiger partial charge in [0.1, 0.15) is 0 Å². The van der Waals surface area contributed by atoms with E-state index in [1.54, 1.807) is 0 Å². The van der Waals surface area contributed by atoms with Crippen LogP contribution in [0.4, 0.5) is 0 Å². The van der Waals surface area contributed by atoms with E-state index in [-0.39, 0.29) is 11.2 Å². The van der Waals surface area contributed by atoms with E-state index in [1.807, 2.05) is 11.6 Å². The second-order valence-corrected chi connectivity index (χ2v) is 7.39. The summed E-state index contributed by atoms with van der Waals surface area (Å²) in [4.78, 5) is 12.1.